The van der Waals surface area contributed by atoms with Crippen LogP contribution < -0.4 is 4.74 Å². The lowest BCUT2D eigenvalue weighted by Gasteiger charge is -2.31. The molecule has 1 saturated heterocycles. The lowest BCUT2D eigenvalue weighted by Crippen LogP contribution is -2.41. The molecule has 0 atom stereocenters. The van der Waals surface area contributed by atoms with Gasteiger partial charge in [-0.15, -0.1) is 0 Å². The number of sulfone groups is 1. The zero-order chi connectivity index (χ0) is 22.2. The molecule has 0 saturated carbocycles. The number of likely N-dealkylation sites (tertiary alicyclic amines) is 1. The third-order valence-electron chi connectivity index (χ3n) is 5.76. The van der Waals surface area contributed by atoms with Gasteiger partial charge in [0.2, 0.25) is 0 Å². The smallest absolute Gasteiger partial charge is 0.274 e. The summed E-state index contributed by atoms with van der Waals surface area (Å²) >= 11 is 1.58. The van der Waals surface area contributed by atoms with Crippen molar-refractivity contribution in [2.45, 2.75) is 44.6 Å². The Labute approximate surface area is 186 Å². The first-order valence-corrected chi connectivity index (χ1v) is 12.9. The Morgan fingerprint density at radius 1 is 1.10 bits per heavy atom. The molecule has 0 spiro atoms. The molecule has 3 aromatic rings. The summed E-state index contributed by atoms with van der Waals surface area (Å²) in [6, 6.07) is 10.4. The highest BCUT2D eigenvalue weighted by Crippen LogP contribution is 2.33. The molecular formula is C23H26N2O4S2. The standard InChI is InChI=1S/C23H26N2O4S2/c1-4-31(27,28)19-9-7-17(8-10-19)22(26)25-13-11-18(12-14-25)29-23-24-20-15(2)5-6-16(3)21(20)30-23/h5-10,18H,4,11-14H2,1-3H3. The van der Waals surface area contributed by atoms with Crippen molar-refractivity contribution >= 4 is 37.3 Å². The zero-order valence-electron chi connectivity index (χ0n) is 17.9. The van der Waals surface area contributed by atoms with Gasteiger partial charge in [-0.2, -0.15) is 0 Å². The first-order chi connectivity index (χ1) is 14.8. The fourth-order valence-corrected chi connectivity index (χ4v) is 5.68. The van der Waals surface area contributed by atoms with Crippen LogP contribution in [0.2, 0.25) is 0 Å². The van der Waals surface area contributed by atoms with Gasteiger partial charge in [0, 0.05) is 31.5 Å². The van der Waals surface area contributed by atoms with Gasteiger partial charge in [-0.1, -0.05) is 30.4 Å². The van der Waals surface area contributed by atoms with E-state index < -0.39 is 9.84 Å². The van der Waals surface area contributed by atoms with E-state index >= 15 is 0 Å². The number of ether oxygens (including phenoxy) is 1. The summed E-state index contributed by atoms with van der Waals surface area (Å²) in [5.74, 6) is -0.0353. The maximum Gasteiger partial charge on any atom is 0.274 e. The zero-order valence-corrected chi connectivity index (χ0v) is 19.6. The molecule has 1 aliphatic rings. The molecule has 1 aromatic heterocycles. The fraction of sp³-hybridized carbons (Fsp3) is 0.391. The van der Waals surface area contributed by atoms with Gasteiger partial charge in [-0.3, -0.25) is 4.79 Å². The molecule has 0 unspecified atom stereocenters. The lowest BCUT2D eigenvalue weighted by molar-refractivity contribution is 0.0595. The van der Waals surface area contributed by atoms with Crippen LogP contribution in [0, 0.1) is 13.8 Å². The minimum absolute atomic E-state index is 0.0299. The van der Waals surface area contributed by atoms with Crippen molar-refractivity contribution in [2.75, 3.05) is 18.8 Å². The van der Waals surface area contributed by atoms with Crippen LogP contribution in [0.25, 0.3) is 10.2 Å². The topological polar surface area (TPSA) is 76.6 Å². The number of rotatable bonds is 5. The second-order valence-electron chi connectivity index (χ2n) is 7.89. The van der Waals surface area contributed by atoms with Gasteiger partial charge in [0.15, 0.2) is 9.84 Å². The number of amides is 1. The van der Waals surface area contributed by atoms with Crippen LogP contribution in [0.4, 0.5) is 0 Å². The van der Waals surface area contributed by atoms with Gasteiger partial charge >= 0.3 is 0 Å². The highest BCUT2D eigenvalue weighted by Gasteiger charge is 2.26. The van der Waals surface area contributed by atoms with Crippen molar-refractivity contribution in [3.8, 4) is 5.19 Å². The van der Waals surface area contributed by atoms with E-state index in [2.05, 4.69) is 31.0 Å². The molecule has 2 heterocycles. The van der Waals surface area contributed by atoms with E-state index in [1.165, 1.54) is 17.7 Å². The number of fused-ring (bicyclic) bond motifs is 1. The summed E-state index contributed by atoms with van der Waals surface area (Å²) in [6.07, 6.45) is 1.51. The van der Waals surface area contributed by atoms with Crippen molar-refractivity contribution in [1.29, 1.82) is 0 Å². The van der Waals surface area contributed by atoms with E-state index in [1.54, 1.807) is 35.3 Å². The number of hydrogen-bond donors (Lipinski definition) is 0. The Morgan fingerprint density at radius 3 is 2.35 bits per heavy atom. The van der Waals surface area contributed by atoms with Crippen molar-refractivity contribution in [3.63, 3.8) is 0 Å². The van der Waals surface area contributed by atoms with E-state index in [1.807, 2.05) is 0 Å². The average molecular weight is 459 g/mol. The normalized spacial score (nSPS) is 15.4. The fourth-order valence-electron chi connectivity index (χ4n) is 3.76. The van der Waals surface area contributed by atoms with E-state index in [4.69, 9.17) is 4.74 Å². The maximum atomic E-state index is 12.8. The van der Waals surface area contributed by atoms with Gasteiger partial charge in [-0.25, -0.2) is 13.4 Å². The predicted molar refractivity (Wildman–Crippen MR) is 123 cm³/mol. The average Bonchev–Trinajstić information content (AvgIpc) is 3.21. The maximum absolute atomic E-state index is 12.8. The van der Waals surface area contributed by atoms with Crippen molar-refractivity contribution < 1.29 is 17.9 Å². The van der Waals surface area contributed by atoms with Crippen LogP contribution in [0.15, 0.2) is 41.3 Å². The number of carbonyl (C=O) groups excluding carboxylic acids is 1. The second kappa shape index (κ2) is 8.59. The van der Waals surface area contributed by atoms with Gasteiger partial charge in [0.05, 0.1) is 20.9 Å². The summed E-state index contributed by atoms with van der Waals surface area (Å²) in [5.41, 5.74) is 3.85. The molecule has 1 fully saturated rings. The van der Waals surface area contributed by atoms with E-state index in [0.29, 0.717) is 23.8 Å². The monoisotopic (exact) mass is 458 g/mol. The number of piperidine rings is 1. The van der Waals surface area contributed by atoms with E-state index in [9.17, 15) is 13.2 Å². The lowest BCUT2D eigenvalue weighted by atomic mass is 10.1. The highest BCUT2D eigenvalue weighted by molar-refractivity contribution is 7.91. The van der Waals surface area contributed by atoms with Crippen molar-refractivity contribution in [3.05, 3.63) is 53.1 Å². The van der Waals surface area contributed by atoms with Crippen LogP contribution >= 0.6 is 11.3 Å². The molecular weight excluding hydrogens is 432 g/mol. The molecule has 31 heavy (non-hydrogen) atoms. The SMILES string of the molecule is CCS(=O)(=O)c1ccc(C(=O)N2CCC(Oc3nc4c(C)ccc(C)c4s3)CC2)cc1. The quantitative estimate of drug-likeness (QED) is 0.567. The van der Waals surface area contributed by atoms with Gasteiger partial charge < -0.3 is 9.64 Å². The summed E-state index contributed by atoms with van der Waals surface area (Å²) in [7, 11) is -3.26. The molecule has 0 N–H and O–H groups in total. The van der Waals surface area contributed by atoms with Crippen LogP contribution in [-0.2, 0) is 9.84 Å². The van der Waals surface area contributed by atoms with Crippen molar-refractivity contribution in [2.24, 2.45) is 0 Å². The number of carbonyl (C=O) groups is 1. The Kier molecular flexibility index (Phi) is 6.03. The van der Waals surface area contributed by atoms with Crippen LogP contribution in [0.5, 0.6) is 5.19 Å². The number of nitrogens with zero attached hydrogens (tertiary/aromatic N) is 2. The summed E-state index contributed by atoms with van der Waals surface area (Å²) < 4.78 is 31.2. The number of hydrogen-bond acceptors (Lipinski definition) is 6. The summed E-state index contributed by atoms with van der Waals surface area (Å²) in [4.78, 5) is 19.5. The van der Waals surface area contributed by atoms with Gasteiger partial charge in [-0.05, 0) is 49.2 Å². The van der Waals surface area contributed by atoms with Crippen LogP contribution in [0.3, 0.4) is 0 Å². The molecule has 1 amide bonds. The minimum atomic E-state index is -3.26. The van der Waals surface area contributed by atoms with Gasteiger partial charge in [0.25, 0.3) is 11.1 Å². The molecule has 1 aliphatic heterocycles. The molecule has 0 radical (unpaired) electrons. The Morgan fingerprint density at radius 2 is 1.74 bits per heavy atom. The van der Waals surface area contributed by atoms with E-state index in [-0.39, 0.29) is 22.7 Å². The number of thiazole rings is 1. The first-order valence-electron chi connectivity index (χ1n) is 10.4. The van der Waals surface area contributed by atoms with Crippen LogP contribution in [0.1, 0.15) is 41.3 Å². The first kappa shape index (κ1) is 21.8. The predicted octanol–water partition coefficient (Wildman–Crippen LogP) is 4.39. The molecule has 8 heteroatoms. The second-order valence-corrected chi connectivity index (χ2v) is 11.1. The third kappa shape index (κ3) is 4.45. The molecule has 164 valence electrons. The number of benzene rings is 2. The molecule has 6 nitrogen and oxygen atoms in total. The Bertz CT molecular complexity index is 1170. The molecule has 2 aromatic carbocycles. The largest absolute Gasteiger partial charge is 0.467 e. The molecule has 0 bridgehead atoms. The number of aryl methyl sites for hydroxylation is 2. The highest BCUT2D eigenvalue weighted by atomic mass is 32.2. The molecule has 0 aliphatic carbocycles. The molecule has 4 rings (SSSR count). The van der Waals surface area contributed by atoms with Crippen LogP contribution in [-0.4, -0.2) is 49.2 Å². The van der Waals surface area contributed by atoms with Crippen molar-refractivity contribution in [1.82, 2.24) is 9.88 Å². The number of aromatic nitrogens is 1. The van der Waals surface area contributed by atoms with E-state index in [0.717, 1.165) is 28.6 Å². The third-order valence-corrected chi connectivity index (χ3v) is 8.59. The Hall–Kier alpha value is -2.45. The summed E-state index contributed by atoms with van der Waals surface area (Å²) in [6.45, 7) is 6.94. The van der Waals surface area contributed by atoms with Gasteiger partial charge in [0.1, 0.15) is 6.10 Å². The minimum Gasteiger partial charge on any atom is -0.467 e. The Balaban J connectivity index is 1.38. The summed E-state index contributed by atoms with van der Waals surface area (Å²) in [5, 5.41) is 0.685.